The van der Waals surface area contributed by atoms with Gasteiger partial charge in [0.25, 0.3) is 0 Å². The van der Waals surface area contributed by atoms with Crippen molar-refractivity contribution in [1.29, 1.82) is 0 Å². The van der Waals surface area contributed by atoms with Crippen molar-refractivity contribution >= 4 is 55.1 Å². The number of carbonyl (C=O) groups is 2. The number of fused-ring (bicyclic) bond motifs is 4. The average molecular weight is 778 g/mol. The van der Waals surface area contributed by atoms with Gasteiger partial charge in [-0.3, -0.25) is 9.71 Å². The van der Waals surface area contributed by atoms with Crippen molar-refractivity contribution < 1.29 is 68.4 Å². The topological polar surface area (TPSA) is 182 Å². The van der Waals surface area contributed by atoms with Gasteiger partial charge in [-0.05, 0) is 43.4 Å². The van der Waals surface area contributed by atoms with E-state index in [1.807, 2.05) is 4.90 Å². The number of anilines is 2. The molecular formula is C32H27F8N5O7S. The van der Waals surface area contributed by atoms with Gasteiger partial charge in [0.15, 0.2) is 5.82 Å². The molecule has 21 heteroatoms. The van der Waals surface area contributed by atoms with E-state index in [2.05, 4.69) is 25.9 Å². The Labute approximate surface area is 294 Å². The Balaban J connectivity index is 0.000000381. The predicted octanol–water partition coefficient (Wildman–Crippen LogP) is 5.30. The summed E-state index contributed by atoms with van der Waals surface area (Å²) in [6.45, 7) is 2.84. The smallest absolute Gasteiger partial charge is 0.490 e. The Morgan fingerprint density at radius 3 is 2.04 bits per heavy atom. The number of alkyl halides is 6. The number of phenolic OH excluding ortho intramolecular Hbond substituents is 1. The van der Waals surface area contributed by atoms with Gasteiger partial charge in [0.1, 0.15) is 28.9 Å². The van der Waals surface area contributed by atoms with Crippen LogP contribution in [0, 0.1) is 30.9 Å². The van der Waals surface area contributed by atoms with Crippen LogP contribution < -0.4 is 14.9 Å². The zero-order chi connectivity index (χ0) is 39.8. The number of piperazine rings is 1. The zero-order valence-corrected chi connectivity index (χ0v) is 28.0. The van der Waals surface area contributed by atoms with E-state index >= 15 is 4.39 Å². The van der Waals surface area contributed by atoms with E-state index in [1.165, 1.54) is 30.5 Å². The van der Waals surface area contributed by atoms with Crippen molar-refractivity contribution in [3.8, 4) is 29.4 Å². The van der Waals surface area contributed by atoms with Crippen LogP contribution in [-0.2, 0) is 19.6 Å². The van der Waals surface area contributed by atoms with Crippen molar-refractivity contribution in [3.63, 3.8) is 0 Å². The monoisotopic (exact) mass is 777 g/mol. The molecule has 12 nitrogen and oxygen atoms in total. The first-order valence-electron chi connectivity index (χ1n) is 14.9. The molecule has 4 aromatic rings. The molecule has 284 valence electrons. The van der Waals surface area contributed by atoms with Gasteiger partial charge in [-0.1, -0.05) is 12.0 Å². The molecule has 2 bridgehead atoms. The van der Waals surface area contributed by atoms with Crippen molar-refractivity contribution in [1.82, 2.24) is 15.3 Å². The fourth-order valence-electron chi connectivity index (χ4n) is 5.82. The number of halogens is 8. The summed E-state index contributed by atoms with van der Waals surface area (Å²) >= 11 is 0. The SMILES string of the molecule is C#Cc1c(F)ccc2cc(O)cc(-c3ncc4c(N5CC6CCC(C5)N6)nc(NS(C)(=O)=O)c(C)c4c3F)c12.O=C(O)C(F)(F)F.O=C(O)C(F)(F)F. The number of hydrogen-bond acceptors (Lipinski definition) is 9. The molecule has 2 atom stereocenters. The lowest BCUT2D eigenvalue weighted by Crippen LogP contribution is -2.51. The Bertz CT molecular complexity index is 2220. The van der Waals surface area contributed by atoms with E-state index in [4.69, 9.17) is 26.2 Å². The number of phenols is 1. The van der Waals surface area contributed by atoms with E-state index in [-0.39, 0.29) is 56.8 Å². The average Bonchev–Trinajstić information content (AvgIpc) is 3.38. The fourth-order valence-corrected chi connectivity index (χ4v) is 6.37. The highest BCUT2D eigenvalue weighted by molar-refractivity contribution is 7.92. The van der Waals surface area contributed by atoms with E-state index in [0.717, 1.165) is 19.1 Å². The molecule has 2 fully saturated rings. The van der Waals surface area contributed by atoms with Crippen LogP contribution in [0.25, 0.3) is 32.8 Å². The van der Waals surface area contributed by atoms with Gasteiger partial charge in [-0.25, -0.2) is 31.8 Å². The highest BCUT2D eigenvalue weighted by atomic mass is 32.2. The van der Waals surface area contributed by atoms with Crippen molar-refractivity contribution in [2.24, 2.45) is 0 Å². The normalized spacial score (nSPS) is 17.0. The van der Waals surface area contributed by atoms with Crippen LogP contribution in [0.1, 0.15) is 24.0 Å². The molecule has 2 aliphatic heterocycles. The summed E-state index contributed by atoms with van der Waals surface area (Å²) in [7, 11) is -3.73. The number of aromatic hydroxyl groups is 1. The Kier molecular flexibility index (Phi) is 11.3. The molecule has 0 amide bonds. The van der Waals surface area contributed by atoms with Gasteiger partial charge in [-0.2, -0.15) is 26.3 Å². The van der Waals surface area contributed by atoms with E-state index in [0.29, 0.717) is 29.7 Å². The van der Waals surface area contributed by atoms with Crippen LogP contribution in [0.2, 0.25) is 0 Å². The largest absolute Gasteiger partial charge is 0.508 e. The van der Waals surface area contributed by atoms with Crippen LogP contribution >= 0.6 is 0 Å². The van der Waals surface area contributed by atoms with E-state index in [9.17, 15) is 44.3 Å². The standard InChI is InChI=1S/C28H25F2N5O3S.2C2HF3O2/c1-4-19-22(29)8-5-15-9-18(36)10-20(24(15)19)26-25(30)23-14(2)27(34-39(3,37)38)33-28(21(23)11-31-26)35-12-16-6-7-17(13-35)32-16;2*3-2(4,5)1(6)7/h1,5,8-11,16-17,32,36H,6-7,12-13H2,2-3H3,(H,33,34);2*(H,6,7). The van der Waals surface area contributed by atoms with Crippen LogP contribution in [0.3, 0.4) is 0 Å². The second-order valence-corrected chi connectivity index (χ2v) is 13.5. The van der Waals surface area contributed by atoms with Crippen LogP contribution in [0.4, 0.5) is 46.8 Å². The third kappa shape index (κ3) is 9.12. The molecule has 0 saturated carbocycles. The van der Waals surface area contributed by atoms with Gasteiger partial charge in [0, 0.05) is 58.7 Å². The summed E-state index contributed by atoms with van der Waals surface area (Å²) in [5, 5.41) is 29.4. The molecule has 2 aromatic heterocycles. The predicted molar refractivity (Wildman–Crippen MR) is 175 cm³/mol. The number of aryl methyl sites for hydroxylation is 1. The summed E-state index contributed by atoms with van der Waals surface area (Å²) in [5.74, 6) is -4.34. The van der Waals surface area contributed by atoms with E-state index < -0.39 is 45.9 Å². The third-order valence-corrected chi connectivity index (χ3v) is 8.51. The number of pyridine rings is 2. The number of carboxylic acids is 2. The first-order valence-corrected chi connectivity index (χ1v) is 16.8. The van der Waals surface area contributed by atoms with Crippen molar-refractivity contribution in [3.05, 3.63) is 53.2 Å². The molecule has 2 aliphatic rings. The van der Waals surface area contributed by atoms with Gasteiger partial charge in [0.05, 0.1) is 11.8 Å². The highest BCUT2D eigenvalue weighted by Gasteiger charge is 2.39. The highest BCUT2D eigenvalue weighted by Crippen LogP contribution is 2.41. The Hall–Kier alpha value is -5.49. The number of rotatable bonds is 4. The first kappa shape index (κ1) is 40.3. The minimum absolute atomic E-state index is 0.0121. The van der Waals surface area contributed by atoms with Gasteiger partial charge in [-0.15, -0.1) is 6.42 Å². The zero-order valence-electron chi connectivity index (χ0n) is 27.2. The van der Waals surface area contributed by atoms with Crippen LogP contribution in [-0.4, -0.2) is 89.4 Å². The number of benzene rings is 2. The van der Waals surface area contributed by atoms with E-state index in [1.54, 1.807) is 6.92 Å². The molecule has 53 heavy (non-hydrogen) atoms. The number of aromatic nitrogens is 2. The summed E-state index contributed by atoms with van der Waals surface area (Å²) in [6.07, 6.45) is -0.0427. The van der Waals surface area contributed by atoms with Gasteiger partial charge in [0.2, 0.25) is 10.0 Å². The molecule has 5 N–H and O–H groups in total. The number of terminal acetylenes is 1. The molecule has 2 aromatic carbocycles. The maximum Gasteiger partial charge on any atom is 0.490 e. The second kappa shape index (κ2) is 14.9. The lowest BCUT2D eigenvalue weighted by atomic mass is 9.95. The maximum absolute atomic E-state index is 16.6. The number of aliphatic carboxylic acids is 2. The fraction of sp³-hybridized carbons (Fsp3) is 0.312. The number of nitrogens with one attached hydrogen (secondary N) is 2. The molecule has 4 heterocycles. The summed E-state index contributed by atoms with van der Waals surface area (Å²) in [6, 6.07) is 5.85. The Morgan fingerprint density at radius 2 is 1.55 bits per heavy atom. The first-order chi connectivity index (χ1) is 24.4. The Morgan fingerprint density at radius 1 is 1.00 bits per heavy atom. The minimum atomic E-state index is -5.08. The quantitative estimate of drug-likeness (QED) is 0.134. The molecular weight excluding hydrogens is 750 g/mol. The molecule has 6 rings (SSSR count). The van der Waals surface area contributed by atoms with Crippen LogP contribution in [0.15, 0.2) is 30.5 Å². The molecule has 0 radical (unpaired) electrons. The number of nitrogens with zero attached hydrogens (tertiary/aromatic N) is 3. The third-order valence-electron chi connectivity index (χ3n) is 7.94. The molecule has 0 aliphatic carbocycles. The number of sulfonamides is 1. The molecule has 0 spiro atoms. The van der Waals surface area contributed by atoms with Gasteiger partial charge >= 0.3 is 24.3 Å². The lowest BCUT2D eigenvalue weighted by Gasteiger charge is -2.34. The maximum atomic E-state index is 16.6. The van der Waals surface area contributed by atoms with Crippen LogP contribution in [0.5, 0.6) is 5.75 Å². The number of carboxylic acid groups (broad SMARTS) is 2. The minimum Gasteiger partial charge on any atom is -0.508 e. The molecule has 2 unspecified atom stereocenters. The number of hydrogen-bond donors (Lipinski definition) is 5. The summed E-state index contributed by atoms with van der Waals surface area (Å²) < 4.78 is 122. The molecule has 2 saturated heterocycles. The lowest BCUT2D eigenvalue weighted by molar-refractivity contribution is -0.193. The van der Waals surface area contributed by atoms with Crippen molar-refractivity contribution in [2.75, 3.05) is 29.0 Å². The summed E-state index contributed by atoms with van der Waals surface area (Å²) in [4.78, 5) is 28.9. The summed E-state index contributed by atoms with van der Waals surface area (Å²) in [5.41, 5.74) is 0.154. The second-order valence-electron chi connectivity index (χ2n) is 11.8. The van der Waals surface area contributed by atoms with Gasteiger partial charge < -0.3 is 25.5 Å². The van der Waals surface area contributed by atoms with Crippen molar-refractivity contribution in [2.45, 2.75) is 44.2 Å².